The average Bonchev–Trinajstić information content (AvgIpc) is 3.50. The monoisotopic (exact) mass is 639 g/mol. The van der Waals surface area contributed by atoms with Crippen LogP contribution in [-0.4, -0.2) is 66.8 Å². The molecule has 0 aliphatic carbocycles. The number of aliphatic hydroxyl groups is 1. The zero-order chi connectivity index (χ0) is 32.8. The van der Waals surface area contributed by atoms with Crippen LogP contribution in [0.25, 0.3) is 11.2 Å². The van der Waals surface area contributed by atoms with Crippen LogP contribution >= 0.6 is 0 Å². The quantitative estimate of drug-likeness (QED) is 0.101. The van der Waals surface area contributed by atoms with E-state index in [2.05, 4.69) is 25.6 Å². The zero-order valence-electron chi connectivity index (χ0n) is 25.1. The predicted octanol–water partition coefficient (Wildman–Crippen LogP) is 4.45. The summed E-state index contributed by atoms with van der Waals surface area (Å²) >= 11 is 0. The van der Waals surface area contributed by atoms with Crippen molar-refractivity contribution in [1.29, 1.82) is 0 Å². The largest absolute Gasteiger partial charge is 0.490 e. The molecular formula is C33H33N7O7. The van der Waals surface area contributed by atoms with E-state index >= 15 is 0 Å². The van der Waals surface area contributed by atoms with E-state index in [0.29, 0.717) is 41.8 Å². The molecular weight excluding hydrogens is 606 g/mol. The number of nitrogen functional groups attached to an aromatic ring is 1. The smallest absolute Gasteiger partial charge is 0.339 e. The van der Waals surface area contributed by atoms with Crippen molar-refractivity contribution in [3.05, 3.63) is 103 Å². The van der Waals surface area contributed by atoms with E-state index in [1.54, 1.807) is 34.9 Å². The molecule has 3 heterocycles. The number of hydrogen-bond donors (Lipinski definition) is 5. The second-order valence-electron chi connectivity index (χ2n) is 10.9. The van der Waals surface area contributed by atoms with Crippen molar-refractivity contribution in [3.63, 3.8) is 0 Å². The molecule has 14 heteroatoms. The van der Waals surface area contributed by atoms with E-state index in [1.165, 1.54) is 24.8 Å². The number of nitrogens with two attached hydrogens (primary N) is 1. The molecule has 4 unspecified atom stereocenters. The molecule has 1 aliphatic heterocycles. The first-order chi connectivity index (χ1) is 22.8. The van der Waals surface area contributed by atoms with Crippen LogP contribution < -0.4 is 21.1 Å². The third kappa shape index (κ3) is 7.81. The fraction of sp³-hybridized carbons (Fsp3) is 0.242. The Morgan fingerprint density at radius 3 is 2.53 bits per heavy atom. The summed E-state index contributed by atoms with van der Waals surface area (Å²) < 4.78 is 20.2. The number of benzene rings is 3. The number of aliphatic hydroxyl groups excluding tert-OH is 1. The SMILES string of the molecule is Nc1ccc(OCC2CC(OC(O)Cc3ccccc3)CC(n3cnc4c(NC(=O)Nc5ccccc5)ncnc43)O2)c(C(=O)O)c1. The molecule has 1 fully saturated rings. The number of anilines is 3. The summed E-state index contributed by atoms with van der Waals surface area (Å²) in [5.74, 6) is -0.829. The third-order valence-electron chi connectivity index (χ3n) is 7.53. The Morgan fingerprint density at radius 2 is 1.77 bits per heavy atom. The first kappa shape index (κ1) is 31.4. The van der Waals surface area contributed by atoms with Crippen molar-refractivity contribution in [3.8, 4) is 5.75 Å². The highest BCUT2D eigenvalue weighted by molar-refractivity contribution is 6.02. The lowest BCUT2D eigenvalue weighted by atomic mass is 10.0. The Bertz CT molecular complexity index is 1840. The van der Waals surface area contributed by atoms with E-state index in [9.17, 15) is 19.8 Å². The van der Waals surface area contributed by atoms with Crippen LogP contribution in [0.4, 0.5) is 22.0 Å². The molecule has 0 saturated carbocycles. The van der Waals surface area contributed by atoms with Crippen LogP contribution in [0.1, 0.15) is 35.0 Å². The van der Waals surface area contributed by atoms with Crippen molar-refractivity contribution in [1.82, 2.24) is 19.5 Å². The average molecular weight is 640 g/mol. The summed E-state index contributed by atoms with van der Waals surface area (Å²) in [6.45, 7) is -0.0105. The first-order valence-corrected chi connectivity index (χ1v) is 14.9. The van der Waals surface area contributed by atoms with Crippen molar-refractivity contribution in [2.24, 2.45) is 0 Å². The highest BCUT2D eigenvalue weighted by atomic mass is 16.6. The number of rotatable bonds is 11. The highest BCUT2D eigenvalue weighted by Gasteiger charge is 2.34. The maximum Gasteiger partial charge on any atom is 0.339 e. The molecule has 0 spiro atoms. The summed E-state index contributed by atoms with van der Waals surface area (Å²) in [5, 5.41) is 25.9. The van der Waals surface area contributed by atoms with Gasteiger partial charge < -0.3 is 35.5 Å². The zero-order valence-corrected chi connectivity index (χ0v) is 25.1. The maximum absolute atomic E-state index is 12.7. The van der Waals surface area contributed by atoms with Gasteiger partial charge in [0.1, 0.15) is 30.5 Å². The number of carboxylic acid groups (broad SMARTS) is 1. The van der Waals surface area contributed by atoms with Crippen molar-refractivity contribution in [2.75, 3.05) is 23.0 Å². The Hall–Kier alpha value is -5.57. The van der Waals surface area contributed by atoms with Gasteiger partial charge in [0, 0.05) is 30.6 Å². The van der Waals surface area contributed by atoms with Crippen LogP contribution in [0.15, 0.2) is 91.5 Å². The Kier molecular flexibility index (Phi) is 9.52. The van der Waals surface area contributed by atoms with Crippen molar-refractivity contribution in [2.45, 2.75) is 44.0 Å². The number of carbonyl (C=O) groups excluding carboxylic acids is 1. The molecule has 3 aromatic carbocycles. The van der Waals surface area contributed by atoms with Gasteiger partial charge in [-0.2, -0.15) is 0 Å². The van der Waals surface area contributed by atoms with E-state index in [4.69, 9.17) is 19.9 Å². The standard InChI is InChI=1S/C33H33N7O7/c34-21-11-12-26(25(14-21)32(42)43)45-17-24-15-23(47-28(41)13-20-7-3-1-4-8-20)16-27(46-24)40-19-37-29-30(35-18-36-31(29)40)39-33(44)38-22-9-5-2-6-10-22/h1-12,14,18-19,23-24,27-28,41H,13,15-17,34H2,(H,42,43)(H2,35,36,38,39,44). The van der Waals surface area contributed by atoms with Crippen LogP contribution in [-0.2, 0) is 15.9 Å². The lowest BCUT2D eigenvalue weighted by Crippen LogP contribution is -2.40. The number of para-hydroxylation sites is 1. The highest BCUT2D eigenvalue weighted by Crippen LogP contribution is 2.33. The van der Waals surface area contributed by atoms with Crippen LogP contribution in [0, 0.1) is 0 Å². The van der Waals surface area contributed by atoms with E-state index < -0.39 is 36.7 Å². The number of fused-ring (bicyclic) bond motifs is 1. The third-order valence-corrected chi connectivity index (χ3v) is 7.53. The van der Waals surface area contributed by atoms with Crippen LogP contribution in [0.2, 0.25) is 0 Å². The molecule has 0 radical (unpaired) electrons. The van der Waals surface area contributed by atoms with Crippen LogP contribution in [0.3, 0.4) is 0 Å². The normalized spacial score (nSPS) is 18.4. The fourth-order valence-electron chi connectivity index (χ4n) is 5.40. The molecule has 2 amide bonds. The van der Waals surface area contributed by atoms with Gasteiger partial charge in [-0.3, -0.25) is 9.88 Å². The van der Waals surface area contributed by atoms with Gasteiger partial charge in [-0.25, -0.2) is 24.5 Å². The van der Waals surface area contributed by atoms with Crippen LogP contribution in [0.5, 0.6) is 5.75 Å². The van der Waals surface area contributed by atoms with Gasteiger partial charge in [-0.1, -0.05) is 48.5 Å². The molecule has 2 aromatic heterocycles. The van der Waals surface area contributed by atoms with Gasteiger partial charge in [0.2, 0.25) is 0 Å². The molecule has 4 atom stereocenters. The van der Waals surface area contributed by atoms with Gasteiger partial charge in [-0.05, 0) is 35.9 Å². The summed E-state index contributed by atoms with van der Waals surface area (Å²) in [6, 6.07) is 22.4. The fourth-order valence-corrected chi connectivity index (χ4v) is 5.40. The first-order valence-electron chi connectivity index (χ1n) is 14.9. The van der Waals surface area contributed by atoms with E-state index in [1.807, 2.05) is 36.4 Å². The van der Waals surface area contributed by atoms with E-state index in [0.717, 1.165) is 5.56 Å². The number of urea groups is 1. The van der Waals surface area contributed by atoms with Gasteiger partial charge in [0.25, 0.3) is 0 Å². The Labute approximate surface area is 269 Å². The lowest BCUT2D eigenvalue weighted by Gasteiger charge is -2.36. The van der Waals surface area contributed by atoms with Gasteiger partial charge in [0.15, 0.2) is 23.3 Å². The summed E-state index contributed by atoms with van der Waals surface area (Å²) in [6.07, 6.45) is 1.03. The number of carbonyl (C=O) groups is 2. The summed E-state index contributed by atoms with van der Waals surface area (Å²) in [7, 11) is 0. The number of carboxylic acids is 1. The van der Waals surface area contributed by atoms with Crippen molar-refractivity contribution < 1.29 is 34.0 Å². The minimum absolute atomic E-state index is 0.0105. The van der Waals surface area contributed by atoms with Gasteiger partial charge in [0.05, 0.1) is 18.5 Å². The second-order valence-corrected chi connectivity index (χ2v) is 10.9. The number of nitrogens with zero attached hydrogens (tertiary/aromatic N) is 4. The molecule has 14 nitrogen and oxygen atoms in total. The molecule has 6 N–H and O–H groups in total. The topological polar surface area (TPSA) is 196 Å². The minimum Gasteiger partial charge on any atom is -0.490 e. The predicted molar refractivity (Wildman–Crippen MR) is 172 cm³/mol. The molecule has 1 saturated heterocycles. The number of aromatic nitrogens is 4. The Morgan fingerprint density at radius 1 is 1.00 bits per heavy atom. The number of ether oxygens (including phenoxy) is 3. The lowest BCUT2D eigenvalue weighted by molar-refractivity contribution is -0.200. The molecule has 242 valence electrons. The number of hydrogen-bond acceptors (Lipinski definition) is 10. The minimum atomic E-state index is -1.17. The molecule has 5 aromatic rings. The van der Waals surface area contributed by atoms with Gasteiger partial charge in [-0.15, -0.1) is 0 Å². The van der Waals surface area contributed by atoms with E-state index in [-0.39, 0.29) is 23.7 Å². The second kappa shape index (κ2) is 14.2. The molecule has 47 heavy (non-hydrogen) atoms. The molecule has 0 bridgehead atoms. The number of imidazole rings is 1. The summed E-state index contributed by atoms with van der Waals surface area (Å²) in [5.41, 5.74) is 8.28. The molecule has 1 aliphatic rings. The maximum atomic E-state index is 12.7. The van der Waals surface area contributed by atoms with Crippen molar-refractivity contribution >= 4 is 40.4 Å². The van der Waals surface area contributed by atoms with Gasteiger partial charge >= 0.3 is 12.0 Å². The molecule has 6 rings (SSSR count). The number of amides is 2. The summed E-state index contributed by atoms with van der Waals surface area (Å²) in [4.78, 5) is 37.6. The number of nitrogens with one attached hydrogen (secondary N) is 2. The Balaban J connectivity index is 1.22. The number of aromatic carboxylic acids is 1.